The number of hydrogen-bond donors (Lipinski definition) is 1. The first-order valence-electron chi connectivity index (χ1n) is 9.38. The van der Waals surface area contributed by atoms with Gasteiger partial charge in [0.15, 0.2) is 5.60 Å². The van der Waals surface area contributed by atoms with Gasteiger partial charge < -0.3 is 14.5 Å². The van der Waals surface area contributed by atoms with Crippen molar-refractivity contribution in [2.24, 2.45) is 0 Å². The highest BCUT2D eigenvalue weighted by atomic mass is 16.5. The Morgan fingerprint density at radius 3 is 3.04 bits per heavy atom. The van der Waals surface area contributed by atoms with Crippen LogP contribution < -0.4 is 5.32 Å². The van der Waals surface area contributed by atoms with Crippen LogP contribution in [0.3, 0.4) is 0 Å². The summed E-state index contributed by atoms with van der Waals surface area (Å²) in [5.41, 5.74) is 4.17. The predicted molar refractivity (Wildman–Crippen MR) is 104 cm³/mol. The molecule has 5 rings (SSSR count). The van der Waals surface area contributed by atoms with E-state index >= 15 is 0 Å². The van der Waals surface area contributed by atoms with Crippen LogP contribution in [-0.4, -0.2) is 19.7 Å². The topological polar surface area (TPSA) is 51.5 Å². The molecule has 3 atom stereocenters. The maximum atomic E-state index is 13.1. The van der Waals surface area contributed by atoms with Crippen LogP contribution in [0.15, 0.2) is 53.1 Å². The molecular formula is C22H20BNO3. The molecule has 1 fully saturated rings. The molecule has 0 unspecified atom stereocenters. The second-order valence-corrected chi connectivity index (χ2v) is 7.56. The monoisotopic (exact) mass is 357 g/mol. The van der Waals surface area contributed by atoms with E-state index in [0.717, 1.165) is 39.6 Å². The first-order valence-corrected chi connectivity index (χ1v) is 9.38. The molecular weight excluding hydrogens is 337 g/mol. The Balaban J connectivity index is 1.36. The number of hydrogen-bond acceptors (Lipinski definition) is 3. The largest absolute Gasteiger partial charge is 0.464 e. The fourth-order valence-electron chi connectivity index (χ4n) is 4.53. The molecule has 2 aliphatic rings. The molecule has 3 heterocycles. The molecule has 1 saturated heterocycles. The first kappa shape index (κ1) is 16.6. The van der Waals surface area contributed by atoms with Crippen molar-refractivity contribution in [1.29, 1.82) is 0 Å². The summed E-state index contributed by atoms with van der Waals surface area (Å²) in [4.78, 5) is 13.1. The summed E-state index contributed by atoms with van der Waals surface area (Å²) in [5.74, 6) is -0.657. The number of carbonyl (C=O) groups excluding carboxylic acids is 1. The predicted octanol–water partition coefficient (Wildman–Crippen LogP) is 3.66. The third kappa shape index (κ3) is 2.45. The van der Waals surface area contributed by atoms with Crippen LogP contribution in [0, 0.1) is 6.92 Å². The maximum absolute atomic E-state index is 13.1. The highest BCUT2D eigenvalue weighted by Gasteiger charge is 2.55. The van der Waals surface area contributed by atoms with E-state index in [1.54, 1.807) is 6.26 Å². The van der Waals surface area contributed by atoms with Crippen LogP contribution >= 0.6 is 0 Å². The van der Waals surface area contributed by atoms with E-state index in [0.29, 0.717) is 12.8 Å². The highest BCUT2D eigenvalue weighted by Crippen LogP contribution is 2.54. The lowest BCUT2D eigenvalue weighted by Gasteiger charge is -2.27. The zero-order chi connectivity index (χ0) is 18.6. The Morgan fingerprint density at radius 2 is 2.15 bits per heavy atom. The third-order valence-corrected chi connectivity index (χ3v) is 5.84. The number of fused-ring (bicyclic) bond motifs is 6. The van der Waals surface area contributed by atoms with E-state index in [1.165, 1.54) is 0 Å². The lowest BCUT2D eigenvalue weighted by molar-refractivity contribution is -0.144. The molecule has 27 heavy (non-hydrogen) atoms. The molecule has 134 valence electrons. The second kappa shape index (κ2) is 5.99. The van der Waals surface area contributed by atoms with Gasteiger partial charge in [-0.05, 0) is 54.4 Å². The molecule has 2 bridgehead atoms. The SMILES string of the molecule is [B][C@H](Cc1coc2c(C)cccc12)NC(=O)[C@]12CC[C@H](O1)c1ccccc12. The standard InChI is InChI=1S/C22H20BNO3/c1-13-5-4-7-15-14(12-26-20(13)15)11-19(23)24-21(25)22-10-9-18(27-22)16-6-2-3-8-17(16)22/h2-8,12,18-19H,9-11H2,1H3,(H,24,25)/t18-,19-,22+/m0/s1. The van der Waals surface area contributed by atoms with E-state index in [9.17, 15) is 4.79 Å². The number of nitrogens with one attached hydrogen (secondary N) is 1. The quantitative estimate of drug-likeness (QED) is 0.725. The molecule has 2 aliphatic heterocycles. The van der Waals surface area contributed by atoms with Crippen LogP contribution in [0.2, 0.25) is 0 Å². The summed E-state index contributed by atoms with van der Waals surface area (Å²) >= 11 is 0. The fourth-order valence-corrected chi connectivity index (χ4v) is 4.53. The number of para-hydroxylation sites is 1. The summed E-state index contributed by atoms with van der Waals surface area (Å²) in [6, 6.07) is 14.0. The van der Waals surface area contributed by atoms with Crippen LogP contribution in [-0.2, 0) is 21.6 Å². The van der Waals surface area contributed by atoms with Crippen molar-refractivity contribution < 1.29 is 13.9 Å². The van der Waals surface area contributed by atoms with Gasteiger partial charge in [-0.15, -0.1) is 0 Å². The number of furan rings is 1. The maximum Gasteiger partial charge on any atom is 0.256 e. The summed E-state index contributed by atoms with van der Waals surface area (Å²) in [5, 5.41) is 4.01. The van der Waals surface area contributed by atoms with Crippen LogP contribution in [0.1, 0.15) is 41.2 Å². The number of rotatable bonds is 4. The Morgan fingerprint density at radius 1 is 1.30 bits per heavy atom. The zero-order valence-electron chi connectivity index (χ0n) is 15.2. The van der Waals surface area contributed by atoms with Gasteiger partial charge in [-0.1, -0.05) is 42.5 Å². The van der Waals surface area contributed by atoms with Gasteiger partial charge >= 0.3 is 0 Å². The fraction of sp³-hybridized carbons (Fsp3) is 0.318. The van der Waals surface area contributed by atoms with Gasteiger partial charge in [0.05, 0.1) is 20.2 Å². The number of aryl methyl sites for hydroxylation is 1. The Labute approximate surface area is 159 Å². The Hall–Kier alpha value is -2.53. The third-order valence-electron chi connectivity index (χ3n) is 5.84. The minimum Gasteiger partial charge on any atom is -0.464 e. The molecule has 1 N–H and O–H groups in total. The van der Waals surface area contributed by atoms with Crippen molar-refractivity contribution in [2.45, 2.75) is 43.8 Å². The molecule has 0 aliphatic carbocycles. The molecule has 2 radical (unpaired) electrons. The number of amides is 1. The second-order valence-electron chi connectivity index (χ2n) is 7.56. The van der Waals surface area contributed by atoms with E-state index in [4.69, 9.17) is 17.0 Å². The molecule has 4 nitrogen and oxygen atoms in total. The average Bonchev–Trinajstić information content (AvgIpc) is 3.36. The van der Waals surface area contributed by atoms with E-state index < -0.39 is 11.5 Å². The molecule has 0 spiro atoms. The van der Waals surface area contributed by atoms with Gasteiger partial charge in [-0.2, -0.15) is 0 Å². The number of carbonyl (C=O) groups is 1. The van der Waals surface area contributed by atoms with Crippen LogP contribution in [0.4, 0.5) is 0 Å². The van der Waals surface area contributed by atoms with Gasteiger partial charge in [0, 0.05) is 5.39 Å². The van der Waals surface area contributed by atoms with Crippen molar-refractivity contribution in [3.63, 3.8) is 0 Å². The molecule has 5 heteroatoms. The van der Waals surface area contributed by atoms with Crippen molar-refractivity contribution >= 4 is 24.7 Å². The summed E-state index contributed by atoms with van der Waals surface area (Å²) in [7, 11) is 6.28. The number of ether oxygens (including phenoxy) is 1. The van der Waals surface area contributed by atoms with Crippen molar-refractivity contribution in [1.82, 2.24) is 5.32 Å². The molecule has 0 saturated carbocycles. The normalized spacial score (nSPS) is 24.1. The minimum atomic E-state index is -0.895. The van der Waals surface area contributed by atoms with Crippen LogP contribution in [0.5, 0.6) is 0 Å². The van der Waals surface area contributed by atoms with E-state index in [-0.39, 0.29) is 12.0 Å². The van der Waals surface area contributed by atoms with Gasteiger partial charge in [0.2, 0.25) is 0 Å². The lowest BCUT2D eigenvalue weighted by Crippen LogP contribution is -2.48. The zero-order valence-corrected chi connectivity index (χ0v) is 15.2. The summed E-state index contributed by atoms with van der Waals surface area (Å²) in [6.45, 7) is 2.02. The first-order chi connectivity index (χ1) is 13.1. The highest BCUT2D eigenvalue weighted by molar-refractivity contribution is 6.13. The Bertz CT molecular complexity index is 1040. The molecule has 2 aromatic carbocycles. The van der Waals surface area contributed by atoms with Gasteiger partial charge in [0.25, 0.3) is 5.91 Å². The Kier molecular flexibility index (Phi) is 3.69. The molecule has 1 amide bonds. The molecule has 3 aromatic rings. The van der Waals surface area contributed by atoms with E-state index in [2.05, 4.69) is 5.32 Å². The van der Waals surface area contributed by atoms with Crippen molar-refractivity contribution in [2.75, 3.05) is 0 Å². The number of benzene rings is 2. The van der Waals surface area contributed by atoms with E-state index in [1.807, 2.05) is 49.4 Å². The lowest BCUT2D eigenvalue weighted by atomic mass is 9.80. The van der Waals surface area contributed by atoms with Crippen LogP contribution in [0.25, 0.3) is 11.0 Å². The average molecular weight is 357 g/mol. The van der Waals surface area contributed by atoms with Crippen molar-refractivity contribution in [3.8, 4) is 0 Å². The van der Waals surface area contributed by atoms with Gasteiger partial charge in [-0.25, -0.2) is 0 Å². The van der Waals surface area contributed by atoms with Crippen molar-refractivity contribution in [3.05, 3.63) is 71.0 Å². The minimum absolute atomic E-state index is 0.0176. The summed E-state index contributed by atoms with van der Waals surface area (Å²) in [6.07, 6.45) is 3.81. The van der Waals surface area contributed by atoms with Gasteiger partial charge in [0.1, 0.15) is 5.58 Å². The van der Waals surface area contributed by atoms with Gasteiger partial charge in [-0.3, -0.25) is 4.79 Å². The summed E-state index contributed by atoms with van der Waals surface area (Å²) < 4.78 is 11.8. The smallest absolute Gasteiger partial charge is 0.256 e. The molecule has 1 aromatic heterocycles.